The Hall–Kier alpha value is -2.62. The first-order chi connectivity index (χ1) is 11.3. The summed E-state index contributed by atoms with van der Waals surface area (Å²) in [5, 5.41) is 4.12. The molecule has 4 rings (SSSR count). The molecule has 3 aromatic rings. The molecule has 4 heteroatoms. The highest BCUT2D eigenvalue weighted by Gasteiger charge is 2.24. The molecule has 1 aliphatic rings. The zero-order valence-corrected chi connectivity index (χ0v) is 13.1. The number of anilines is 1. The second-order valence-corrected chi connectivity index (χ2v) is 6.02. The van der Waals surface area contributed by atoms with Gasteiger partial charge in [-0.05, 0) is 31.4 Å². The number of aryl methyl sites for hydroxylation is 1. The van der Waals surface area contributed by atoms with E-state index >= 15 is 0 Å². The summed E-state index contributed by atoms with van der Waals surface area (Å²) in [6.45, 7) is 2.91. The van der Waals surface area contributed by atoms with Crippen molar-refractivity contribution in [2.24, 2.45) is 0 Å². The zero-order valence-electron chi connectivity index (χ0n) is 13.1. The Kier molecular flexibility index (Phi) is 3.58. The Morgan fingerprint density at radius 2 is 1.87 bits per heavy atom. The van der Waals surface area contributed by atoms with E-state index < -0.39 is 0 Å². The van der Waals surface area contributed by atoms with E-state index in [1.165, 1.54) is 11.3 Å². The molecule has 0 saturated heterocycles. The van der Waals surface area contributed by atoms with Crippen molar-refractivity contribution in [3.05, 3.63) is 66.1 Å². The topological polar surface area (TPSA) is 42.2 Å². The van der Waals surface area contributed by atoms with Gasteiger partial charge in [0.05, 0.1) is 6.54 Å². The number of nitrogens with zero attached hydrogens (tertiary/aromatic N) is 3. The Labute approximate surface area is 135 Å². The molecule has 1 unspecified atom stereocenters. The second kappa shape index (κ2) is 5.88. The van der Waals surface area contributed by atoms with E-state index in [-0.39, 0.29) is 0 Å². The van der Waals surface area contributed by atoms with E-state index in [0.717, 1.165) is 18.4 Å². The number of aromatic nitrogens is 2. The van der Waals surface area contributed by atoms with Crippen molar-refractivity contribution in [1.82, 2.24) is 10.1 Å². The minimum Gasteiger partial charge on any atom is -0.359 e. The molecule has 2 heterocycles. The van der Waals surface area contributed by atoms with Crippen molar-refractivity contribution in [2.75, 3.05) is 4.90 Å². The fraction of sp³-hybridized carbons (Fsp3) is 0.263. The van der Waals surface area contributed by atoms with E-state index in [1.54, 1.807) is 0 Å². The number of rotatable bonds is 3. The lowest BCUT2D eigenvalue weighted by Crippen LogP contribution is -2.36. The maximum Gasteiger partial charge on any atom is 0.246 e. The van der Waals surface area contributed by atoms with Crippen LogP contribution in [0.3, 0.4) is 0 Å². The Bertz CT molecular complexity index is 797. The first kappa shape index (κ1) is 14.0. The zero-order chi connectivity index (χ0) is 15.6. The fourth-order valence-electron chi connectivity index (χ4n) is 3.17. The van der Waals surface area contributed by atoms with Crippen LogP contribution in [0.25, 0.3) is 11.4 Å². The monoisotopic (exact) mass is 305 g/mol. The van der Waals surface area contributed by atoms with Crippen LogP contribution in [-0.4, -0.2) is 16.2 Å². The lowest BCUT2D eigenvalue weighted by Gasteiger charge is -2.36. The summed E-state index contributed by atoms with van der Waals surface area (Å²) in [6.07, 6.45) is 2.28. The SMILES string of the molecule is CC1CCc2ccccc2N1Cc1nc(-c2ccccc2)no1. The van der Waals surface area contributed by atoms with Gasteiger partial charge in [0.2, 0.25) is 11.7 Å². The second-order valence-electron chi connectivity index (χ2n) is 6.02. The third kappa shape index (κ3) is 2.72. The van der Waals surface area contributed by atoms with Crippen molar-refractivity contribution in [3.63, 3.8) is 0 Å². The molecule has 1 atom stereocenters. The van der Waals surface area contributed by atoms with Crippen LogP contribution in [0, 0.1) is 0 Å². The van der Waals surface area contributed by atoms with E-state index in [2.05, 4.69) is 46.2 Å². The summed E-state index contributed by atoms with van der Waals surface area (Å²) < 4.78 is 5.48. The normalized spacial score (nSPS) is 17.1. The van der Waals surface area contributed by atoms with Crippen LogP contribution in [0.15, 0.2) is 59.1 Å². The van der Waals surface area contributed by atoms with Gasteiger partial charge >= 0.3 is 0 Å². The molecule has 0 amide bonds. The molecule has 0 N–H and O–H groups in total. The van der Waals surface area contributed by atoms with E-state index in [0.29, 0.717) is 24.3 Å². The van der Waals surface area contributed by atoms with Gasteiger partial charge in [-0.3, -0.25) is 0 Å². The Morgan fingerprint density at radius 3 is 2.74 bits per heavy atom. The third-order valence-electron chi connectivity index (χ3n) is 4.47. The maximum absolute atomic E-state index is 5.48. The largest absolute Gasteiger partial charge is 0.359 e. The fourth-order valence-corrected chi connectivity index (χ4v) is 3.17. The number of fused-ring (bicyclic) bond motifs is 1. The summed E-state index contributed by atoms with van der Waals surface area (Å²) >= 11 is 0. The van der Waals surface area contributed by atoms with Crippen molar-refractivity contribution in [1.29, 1.82) is 0 Å². The molecule has 4 nitrogen and oxygen atoms in total. The van der Waals surface area contributed by atoms with Gasteiger partial charge < -0.3 is 9.42 Å². The van der Waals surface area contributed by atoms with Gasteiger partial charge in [0, 0.05) is 17.3 Å². The lowest BCUT2D eigenvalue weighted by atomic mass is 9.97. The number of hydrogen-bond donors (Lipinski definition) is 0. The molecule has 0 saturated carbocycles. The van der Waals surface area contributed by atoms with Crippen molar-refractivity contribution in [3.8, 4) is 11.4 Å². The first-order valence-corrected chi connectivity index (χ1v) is 8.04. The van der Waals surface area contributed by atoms with Gasteiger partial charge in [0.25, 0.3) is 0 Å². The average Bonchev–Trinajstić information content (AvgIpc) is 3.07. The summed E-state index contributed by atoms with van der Waals surface area (Å²) in [5.41, 5.74) is 3.66. The Morgan fingerprint density at radius 1 is 1.09 bits per heavy atom. The molecular formula is C19H19N3O. The quantitative estimate of drug-likeness (QED) is 0.731. The number of benzene rings is 2. The molecule has 0 spiro atoms. The molecule has 0 aliphatic carbocycles. The van der Waals surface area contributed by atoms with Gasteiger partial charge in [-0.1, -0.05) is 53.7 Å². The van der Waals surface area contributed by atoms with Gasteiger partial charge in [-0.2, -0.15) is 4.98 Å². The molecule has 0 fully saturated rings. The van der Waals surface area contributed by atoms with Crippen molar-refractivity contribution < 1.29 is 4.52 Å². The molecule has 1 aromatic heterocycles. The van der Waals surface area contributed by atoms with Crippen molar-refractivity contribution >= 4 is 5.69 Å². The highest BCUT2D eigenvalue weighted by molar-refractivity contribution is 5.57. The molecule has 0 radical (unpaired) electrons. The lowest BCUT2D eigenvalue weighted by molar-refractivity contribution is 0.369. The van der Waals surface area contributed by atoms with Crippen LogP contribution in [0.1, 0.15) is 24.8 Å². The van der Waals surface area contributed by atoms with E-state index in [9.17, 15) is 0 Å². The summed E-state index contributed by atoms with van der Waals surface area (Å²) in [5.74, 6) is 1.31. The van der Waals surface area contributed by atoms with Crippen LogP contribution < -0.4 is 4.90 Å². The van der Waals surface area contributed by atoms with Gasteiger partial charge in [0.1, 0.15) is 0 Å². The predicted molar refractivity (Wildman–Crippen MR) is 90.1 cm³/mol. The number of para-hydroxylation sites is 1. The van der Waals surface area contributed by atoms with E-state index in [1.807, 2.05) is 30.3 Å². The summed E-state index contributed by atoms with van der Waals surface area (Å²) in [6, 6.07) is 19.0. The van der Waals surface area contributed by atoms with Gasteiger partial charge in [-0.15, -0.1) is 0 Å². The Balaban J connectivity index is 1.60. The third-order valence-corrected chi connectivity index (χ3v) is 4.47. The molecule has 23 heavy (non-hydrogen) atoms. The summed E-state index contributed by atoms with van der Waals surface area (Å²) in [7, 11) is 0. The maximum atomic E-state index is 5.48. The van der Waals surface area contributed by atoms with Crippen LogP contribution in [0.2, 0.25) is 0 Å². The van der Waals surface area contributed by atoms with Gasteiger partial charge in [0.15, 0.2) is 0 Å². The van der Waals surface area contributed by atoms with Crippen molar-refractivity contribution in [2.45, 2.75) is 32.4 Å². The highest BCUT2D eigenvalue weighted by atomic mass is 16.5. The molecule has 2 aromatic carbocycles. The predicted octanol–water partition coefficient (Wildman–Crippen LogP) is 4.08. The number of hydrogen-bond acceptors (Lipinski definition) is 4. The molecule has 116 valence electrons. The average molecular weight is 305 g/mol. The van der Waals surface area contributed by atoms with Crippen LogP contribution in [0.5, 0.6) is 0 Å². The minimum absolute atomic E-state index is 0.469. The van der Waals surface area contributed by atoms with Crippen LogP contribution in [-0.2, 0) is 13.0 Å². The first-order valence-electron chi connectivity index (χ1n) is 8.04. The van der Waals surface area contributed by atoms with Crippen LogP contribution in [0.4, 0.5) is 5.69 Å². The summed E-state index contributed by atoms with van der Waals surface area (Å²) in [4.78, 5) is 6.92. The van der Waals surface area contributed by atoms with Gasteiger partial charge in [-0.25, -0.2) is 0 Å². The highest BCUT2D eigenvalue weighted by Crippen LogP contribution is 2.31. The minimum atomic E-state index is 0.469. The van der Waals surface area contributed by atoms with Crippen LogP contribution >= 0.6 is 0 Å². The molecular weight excluding hydrogens is 286 g/mol. The smallest absolute Gasteiger partial charge is 0.246 e. The van der Waals surface area contributed by atoms with E-state index in [4.69, 9.17) is 4.52 Å². The molecule has 0 bridgehead atoms. The standard InChI is InChI=1S/C19H19N3O/c1-14-11-12-15-7-5-6-10-17(15)22(14)13-18-20-19(21-23-18)16-8-3-2-4-9-16/h2-10,14H,11-13H2,1H3. The molecule has 1 aliphatic heterocycles.